The molecule has 1 fully saturated rings. The summed E-state index contributed by atoms with van der Waals surface area (Å²) in [6.45, 7) is 6.92. The lowest BCUT2D eigenvalue weighted by Crippen LogP contribution is -2.29. The van der Waals surface area contributed by atoms with Crippen molar-refractivity contribution in [3.63, 3.8) is 0 Å². The summed E-state index contributed by atoms with van der Waals surface area (Å²) in [5.74, 6) is 8.28. The van der Waals surface area contributed by atoms with Gasteiger partial charge in [0.1, 0.15) is 6.61 Å². The summed E-state index contributed by atoms with van der Waals surface area (Å²) < 4.78 is 6.13. The van der Waals surface area contributed by atoms with Gasteiger partial charge in [-0.2, -0.15) is 0 Å². The summed E-state index contributed by atoms with van der Waals surface area (Å²) in [5.41, 5.74) is 10.1. The fourth-order valence-corrected chi connectivity index (χ4v) is 5.69. The molecule has 2 N–H and O–H groups in total. The topological polar surface area (TPSA) is 64.3 Å². The highest BCUT2D eigenvalue weighted by molar-refractivity contribution is 7.15. The third-order valence-electron chi connectivity index (χ3n) is 7.09. The Balaban J connectivity index is 1.27. The van der Waals surface area contributed by atoms with Crippen molar-refractivity contribution in [2.24, 2.45) is 0 Å². The van der Waals surface area contributed by atoms with Crippen molar-refractivity contribution in [2.75, 3.05) is 25.9 Å². The van der Waals surface area contributed by atoms with E-state index in [-0.39, 0.29) is 5.41 Å². The molecule has 0 saturated carbocycles. The molecule has 1 saturated heterocycles. The molecule has 0 radical (unpaired) electrons. The number of nitrogen functional groups attached to an aromatic ring is 1. The number of hydrogen-bond acceptors (Lipinski definition) is 6. The molecule has 0 amide bonds. The number of hydrogen-bond donors (Lipinski definition) is 1. The van der Waals surface area contributed by atoms with E-state index >= 15 is 0 Å². The Morgan fingerprint density at radius 3 is 2.61 bits per heavy atom. The summed E-state index contributed by atoms with van der Waals surface area (Å²) in [6.07, 6.45) is 6.07. The molecule has 5 rings (SSSR count). The zero-order valence-electron chi connectivity index (χ0n) is 22.3. The van der Waals surface area contributed by atoms with E-state index in [1.54, 1.807) is 17.5 Å². The standard InChI is InChI=1S/C32H34N4OS/c1-32(2,27-10-5-4-6-11-27)15-12-23-8-7-9-24(18-23)22-37-28-19-26(20-34-30(28)33)29-21-35-31(38-29)25-13-16-36(3)17-14-25/h4-11,18-21,25H,13-14,16-17,22H2,1-3H3,(H2,33,34). The molecular formula is C32H34N4OS. The molecule has 5 nitrogen and oxygen atoms in total. The first-order valence-electron chi connectivity index (χ1n) is 13.1. The van der Waals surface area contributed by atoms with Crippen LogP contribution in [-0.4, -0.2) is 35.0 Å². The predicted octanol–water partition coefficient (Wildman–Crippen LogP) is 6.50. The number of anilines is 1. The molecule has 194 valence electrons. The number of aromatic nitrogens is 2. The molecule has 2 aromatic heterocycles. The highest BCUT2D eigenvalue weighted by Crippen LogP contribution is 2.36. The van der Waals surface area contributed by atoms with E-state index in [4.69, 9.17) is 15.5 Å². The maximum Gasteiger partial charge on any atom is 0.166 e. The highest BCUT2D eigenvalue weighted by atomic mass is 32.1. The SMILES string of the molecule is CN1CCC(c2ncc(-c3cnc(N)c(OCc4cccc(C#CC(C)(C)c5ccccc5)c4)c3)s2)CC1. The maximum atomic E-state index is 6.17. The van der Waals surface area contributed by atoms with Crippen LogP contribution < -0.4 is 10.5 Å². The highest BCUT2D eigenvalue weighted by Gasteiger charge is 2.22. The van der Waals surface area contributed by atoms with Crippen LogP contribution in [0.2, 0.25) is 0 Å². The van der Waals surface area contributed by atoms with Crippen molar-refractivity contribution in [3.05, 3.63) is 94.8 Å². The zero-order chi connectivity index (χ0) is 26.5. The monoisotopic (exact) mass is 522 g/mol. The van der Waals surface area contributed by atoms with Gasteiger partial charge in [0, 0.05) is 29.4 Å². The van der Waals surface area contributed by atoms with Crippen LogP contribution in [0.1, 0.15) is 54.3 Å². The second-order valence-corrected chi connectivity index (χ2v) is 11.5. The van der Waals surface area contributed by atoms with E-state index in [9.17, 15) is 0 Å². The molecule has 1 aliphatic rings. The van der Waals surface area contributed by atoms with Crippen LogP contribution in [-0.2, 0) is 12.0 Å². The molecule has 2 aromatic carbocycles. The minimum Gasteiger partial charge on any atom is -0.485 e. The quantitative estimate of drug-likeness (QED) is 0.293. The molecule has 4 aromatic rings. The average Bonchev–Trinajstić information content (AvgIpc) is 3.43. The number of rotatable bonds is 6. The Labute approximate surface area is 229 Å². The van der Waals surface area contributed by atoms with Gasteiger partial charge in [0.25, 0.3) is 0 Å². The number of thiazole rings is 1. The fourth-order valence-electron chi connectivity index (χ4n) is 4.63. The van der Waals surface area contributed by atoms with Crippen molar-refractivity contribution in [1.29, 1.82) is 0 Å². The van der Waals surface area contributed by atoms with Crippen LogP contribution in [0.25, 0.3) is 10.4 Å². The number of ether oxygens (including phenoxy) is 1. The number of likely N-dealkylation sites (tertiary alicyclic amines) is 1. The third kappa shape index (κ3) is 6.24. The Morgan fingerprint density at radius 1 is 1.03 bits per heavy atom. The lowest BCUT2D eigenvalue weighted by Gasteiger charge is -2.27. The fraction of sp³-hybridized carbons (Fsp3) is 0.312. The number of piperidine rings is 1. The summed E-state index contributed by atoms with van der Waals surface area (Å²) in [4.78, 5) is 12.6. The van der Waals surface area contributed by atoms with Gasteiger partial charge in [0.15, 0.2) is 11.6 Å². The van der Waals surface area contributed by atoms with Crippen LogP contribution in [0.4, 0.5) is 5.82 Å². The molecule has 0 atom stereocenters. The Morgan fingerprint density at radius 2 is 1.82 bits per heavy atom. The number of pyridine rings is 1. The van der Waals surface area contributed by atoms with Gasteiger partial charge in [-0.3, -0.25) is 0 Å². The summed E-state index contributed by atoms with van der Waals surface area (Å²) in [6, 6.07) is 20.5. The van der Waals surface area contributed by atoms with Crippen LogP contribution >= 0.6 is 11.3 Å². The van der Waals surface area contributed by atoms with E-state index in [0.29, 0.717) is 24.1 Å². The second-order valence-electron chi connectivity index (χ2n) is 10.5. The summed E-state index contributed by atoms with van der Waals surface area (Å²) in [5, 5.41) is 1.21. The lowest BCUT2D eigenvalue weighted by molar-refractivity contribution is 0.255. The first-order chi connectivity index (χ1) is 18.4. The van der Waals surface area contributed by atoms with Gasteiger partial charge < -0.3 is 15.4 Å². The van der Waals surface area contributed by atoms with Crippen LogP contribution in [0.3, 0.4) is 0 Å². The molecule has 6 heteroatoms. The van der Waals surface area contributed by atoms with Crippen molar-refractivity contribution < 1.29 is 4.74 Å². The largest absolute Gasteiger partial charge is 0.485 e. The molecule has 0 aliphatic carbocycles. The molecule has 0 bridgehead atoms. The first-order valence-corrected chi connectivity index (χ1v) is 13.9. The molecule has 0 unspecified atom stereocenters. The molecule has 1 aliphatic heterocycles. The van der Waals surface area contributed by atoms with E-state index in [2.05, 4.69) is 73.0 Å². The van der Waals surface area contributed by atoms with Gasteiger partial charge in [-0.15, -0.1) is 11.3 Å². The molecular weight excluding hydrogens is 488 g/mol. The van der Waals surface area contributed by atoms with Gasteiger partial charge >= 0.3 is 0 Å². The normalized spacial score (nSPS) is 14.6. The Kier molecular flexibility index (Phi) is 7.78. The third-order valence-corrected chi connectivity index (χ3v) is 8.30. The molecule has 38 heavy (non-hydrogen) atoms. The van der Waals surface area contributed by atoms with Crippen LogP contribution in [0.15, 0.2) is 73.1 Å². The minimum atomic E-state index is -0.238. The Hall–Kier alpha value is -3.66. The number of nitrogens with zero attached hydrogens (tertiary/aromatic N) is 3. The smallest absolute Gasteiger partial charge is 0.166 e. The van der Waals surface area contributed by atoms with Gasteiger partial charge in [-0.05, 0) is 76.2 Å². The van der Waals surface area contributed by atoms with Crippen molar-refractivity contribution in [1.82, 2.24) is 14.9 Å². The number of benzene rings is 2. The van der Waals surface area contributed by atoms with E-state index in [1.165, 1.54) is 10.6 Å². The second kappa shape index (κ2) is 11.4. The Bertz CT molecular complexity index is 1440. The summed E-state index contributed by atoms with van der Waals surface area (Å²) >= 11 is 1.75. The zero-order valence-corrected chi connectivity index (χ0v) is 23.1. The van der Waals surface area contributed by atoms with Crippen molar-refractivity contribution in [2.45, 2.75) is 44.6 Å². The average molecular weight is 523 g/mol. The van der Waals surface area contributed by atoms with Crippen molar-refractivity contribution >= 4 is 17.2 Å². The molecule has 3 heterocycles. The van der Waals surface area contributed by atoms with Crippen molar-refractivity contribution in [3.8, 4) is 28.0 Å². The molecule has 0 spiro atoms. The lowest BCUT2D eigenvalue weighted by atomic mass is 9.85. The van der Waals surface area contributed by atoms with E-state index in [1.807, 2.05) is 36.5 Å². The van der Waals surface area contributed by atoms with Gasteiger partial charge in [-0.1, -0.05) is 54.3 Å². The van der Waals surface area contributed by atoms with Gasteiger partial charge in [-0.25, -0.2) is 9.97 Å². The van der Waals surface area contributed by atoms with Gasteiger partial charge in [0.2, 0.25) is 0 Å². The minimum absolute atomic E-state index is 0.238. The number of nitrogens with two attached hydrogens (primary N) is 1. The predicted molar refractivity (Wildman–Crippen MR) is 156 cm³/mol. The van der Waals surface area contributed by atoms with Gasteiger partial charge in [0.05, 0.1) is 15.3 Å². The van der Waals surface area contributed by atoms with E-state index in [0.717, 1.165) is 47.5 Å². The van der Waals surface area contributed by atoms with Crippen LogP contribution in [0.5, 0.6) is 5.75 Å². The maximum absolute atomic E-state index is 6.17. The van der Waals surface area contributed by atoms with Crippen LogP contribution in [0, 0.1) is 11.8 Å². The first kappa shape index (κ1) is 26.0. The summed E-state index contributed by atoms with van der Waals surface area (Å²) in [7, 11) is 2.18. The van der Waals surface area contributed by atoms with E-state index < -0.39 is 0 Å².